The fourth-order valence-electron chi connectivity index (χ4n) is 1.59. The summed E-state index contributed by atoms with van der Waals surface area (Å²) in [6, 6.07) is 1.81. The molecule has 6 nitrogen and oxygen atoms in total. The Kier molecular flexibility index (Phi) is 3.76. The predicted octanol–water partition coefficient (Wildman–Crippen LogP) is 1.92. The average molecular weight is 247 g/mol. The lowest BCUT2D eigenvalue weighted by molar-refractivity contribution is 0.388. The van der Waals surface area contributed by atoms with Crippen molar-refractivity contribution >= 4 is 11.6 Å². The van der Waals surface area contributed by atoms with Gasteiger partial charge in [0.2, 0.25) is 0 Å². The molecule has 2 rings (SSSR count). The van der Waals surface area contributed by atoms with Gasteiger partial charge in [-0.15, -0.1) is 0 Å². The first-order valence-electron chi connectivity index (χ1n) is 5.97. The van der Waals surface area contributed by atoms with E-state index >= 15 is 0 Å². The first kappa shape index (κ1) is 12.3. The Morgan fingerprint density at radius 1 is 1.39 bits per heavy atom. The van der Waals surface area contributed by atoms with E-state index in [2.05, 4.69) is 27.4 Å². The zero-order valence-corrected chi connectivity index (χ0v) is 10.6. The normalized spacial score (nSPS) is 10.6. The molecule has 0 aliphatic rings. The molecular weight excluding hydrogens is 230 g/mol. The Morgan fingerprint density at radius 2 is 2.22 bits per heavy atom. The monoisotopic (exact) mass is 247 g/mol. The Bertz CT molecular complexity index is 509. The van der Waals surface area contributed by atoms with E-state index in [-0.39, 0.29) is 0 Å². The third kappa shape index (κ3) is 2.77. The maximum atomic E-state index is 5.87. The molecule has 0 spiro atoms. The summed E-state index contributed by atoms with van der Waals surface area (Å²) in [4.78, 5) is 8.72. The molecule has 0 fully saturated rings. The summed E-state index contributed by atoms with van der Waals surface area (Å²) in [6.07, 6.45) is 3.42. The maximum Gasteiger partial charge on any atom is 0.155 e. The Hall–Kier alpha value is -2.11. The van der Waals surface area contributed by atoms with Crippen LogP contribution in [0.4, 0.5) is 11.6 Å². The summed E-state index contributed by atoms with van der Waals surface area (Å²) in [7, 11) is 0. The van der Waals surface area contributed by atoms with E-state index in [4.69, 9.17) is 10.3 Å². The van der Waals surface area contributed by atoms with Crippen LogP contribution in [0.15, 0.2) is 16.8 Å². The average Bonchev–Trinajstić information content (AvgIpc) is 2.85. The van der Waals surface area contributed by atoms with Crippen molar-refractivity contribution in [2.45, 2.75) is 33.2 Å². The van der Waals surface area contributed by atoms with Crippen molar-refractivity contribution in [1.29, 1.82) is 0 Å². The highest BCUT2D eigenvalue weighted by atomic mass is 16.5. The van der Waals surface area contributed by atoms with Crippen LogP contribution < -0.4 is 11.1 Å². The number of hydrogen-bond donors (Lipinski definition) is 2. The lowest BCUT2D eigenvalue weighted by atomic mass is 10.2. The Morgan fingerprint density at radius 3 is 2.89 bits per heavy atom. The number of rotatable bonds is 5. The van der Waals surface area contributed by atoms with E-state index in [0.717, 1.165) is 35.8 Å². The highest BCUT2D eigenvalue weighted by Crippen LogP contribution is 2.18. The second kappa shape index (κ2) is 5.48. The van der Waals surface area contributed by atoms with Crippen LogP contribution in [-0.2, 0) is 13.0 Å². The topological polar surface area (TPSA) is 89.9 Å². The molecule has 0 aliphatic carbocycles. The first-order chi connectivity index (χ1) is 8.70. The van der Waals surface area contributed by atoms with Gasteiger partial charge in [-0.05, 0) is 13.3 Å². The molecule has 96 valence electrons. The van der Waals surface area contributed by atoms with Crippen LogP contribution >= 0.6 is 0 Å². The molecule has 0 radical (unpaired) electrons. The van der Waals surface area contributed by atoms with Crippen LogP contribution in [0, 0.1) is 6.92 Å². The number of nitrogens with zero attached hydrogens (tertiary/aromatic N) is 3. The number of nitrogen functional groups attached to an aromatic ring is 1. The molecule has 2 aromatic rings. The van der Waals surface area contributed by atoms with Gasteiger partial charge in [0.05, 0.1) is 12.7 Å². The van der Waals surface area contributed by atoms with E-state index in [0.29, 0.717) is 12.4 Å². The summed E-state index contributed by atoms with van der Waals surface area (Å²) >= 11 is 0. The van der Waals surface area contributed by atoms with Gasteiger partial charge in [-0.1, -0.05) is 12.1 Å². The molecular formula is C12H17N5O. The number of aromatic nitrogens is 3. The molecule has 0 aliphatic heterocycles. The molecule has 18 heavy (non-hydrogen) atoms. The standard InChI is InChI=1S/C12H17N5O/c1-3-4-10-16-11(13)8(2)12(17-10)14-7-9-5-6-15-18-9/h5-6H,3-4,7H2,1-2H3,(H3,13,14,16,17). The molecule has 0 saturated heterocycles. The Balaban J connectivity index is 2.15. The Labute approximate surface area is 106 Å². The maximum absolute atomic E-state index is 5.87. The fourth-order valence-corrected chi connectivity index (χ4v) is 1.59. The second-order valence-electron chi connectivity index (χ2n) is 4.08. The van der Waals surface area contributed by atoms with Crippen molar-refractivity contribution in [3.8, 4) is 0 Å². The lowest BCUT2D eigenvalue weighted by Gasteiger charge is -2.10. The molecule has 0 bridgehead atoms. The van der Waals surface area contributed by atoms with Crippen LogP contribution in [-0.4, -0.2) is 15.1 Å². The molecule has 0 saturated carbocycles. The minimum Gasteiger partial charge on any atom is -0.383 e. The van der Waals surface area contributed by atoms with E-state index < -0.39 is 0 Å². The van der Waals surface area contributed by atoms with Crippen molar-refractivity contribution in [1.82, 2.24) is 15.1 Å². The van der Waals surface area contributed by atoms with Gasteiger partial charge in [-0.25, -0.2) is 9.97 Å². The van der Waals surface area contributed by atoms with Crippen LogP contribution in [0.2, 0.25) is 0 Å². The SMILES string of the molecule is CCCc1nc(N)c(C)c(NCc2ccno2)n1. The van der Waals surface area contributed by atoms with Crippen LogP contribution in [0.5, 0.6) is 0 Å². The van der Waals surface area contributed by atoms with E-state index in [1.807, 2.05) is 6.92 Å². The molecule has 2 heterocycles. The minimum absolute atomic E-state index is 0.522. The van der Waals surface area contributed by atoms with Crippen molar-refractivity contribution in [3.05, 3.63) is 29.4 Å². The highest BCUT2D eigenvalue weighted by Gasteiger charge is 2.08. The molecule has 0 amide bonds. The fraction of sp³-hybridized carbons (Fsp3) is 0.417. The predicted molar refractivity (Wildman–Crippen MR) is 69.0 cm³/mol. The van der Waals surface area contributed by atoms with E-state index in [9.17, 15) is 0 Å². The number of hydrogen-bond acceptors (Lipinski definition) is 6. The van der Waals surface area contributed by atoms with Crippen molar-refractivity contribution in [2.75, 3.05) is 11.1 Å². The van der Waals surface area contributed by atoms with Gasteiger partial charge in [-0.2, -0.15) is 0 Å². The van der Waals surface area contributed by atoms with Gasteiger partial charge < -0.3 is 15.6 Å². The number of aryl methyl sites for hydroxylation is 1. The molecule has 0 atom stereocenters. The van der Waals surface area contributed by atoms with Crippen LogP contribution in [0.1, 0.15) is 30.5 Å². The zero-order chi connectivity index (χ0) is 13.0. The first-order valence-corrected chi connectivity index (χ1v) is 5.97. The van der Waals surface area contributed by atoms with Gasteiger partial charge >= 0.3 is 0 Å². The third-order valence-electron chi connectivity index (χ3n) is 2.62. The summed E-state index contributed by atoms with van der Waals surface area (Å²) in [5.41, 5.74) is 6.73. The van der Waals surface area contributed by atoms with E-state index in [1.165, 1.54) is 0 Å². The van der Waals surface area contributed by atoms with Gasteiger partial charge in [0.25, 0.3) is 0 Å². The van der Waals surface area contributed by atoms with E-state index in [1.54, 1.807) is 12.3 Å². The third-order valence-corrected chi connectivity index (χ3v) is 2.62. The van der Waals surface area contributed by atoms with Crippen molar-refractivity contribution in [3.63, 3.8) is 0 Å². The molecule has 6 heteroatoms. The van der Waals surface area contributed by atoms with Gasteiger partial charge in [0, 0.05) is 18.1 Å². The summed E-state index contributed by atoms with van der Waals surface area (Å²) in [6.45, 7) is 4.51. The van der Waals surface area contributed by atoms with Gasteiger partial charge in [0.15, 0.2) is 5.76 Å². The highest BCUT2D eigenvalue weighted by molar-refractivity contribution is 5.54. The summed E-state index contributed by atoms with van der Waals surface area (Å²) in [5.74, 6) is 2.79. The molecule has 0 unspecified atom stereocenters. The van der Waals surface area contributed by atoms with Gasteiger partial charge in [-0.3, -0.25) is 0 Å². The number of nitrogens with one attached hydrogen (secondary N) is 1. The quantitative estimate of drug-likeness (QED) is 0.839. The summed E-state index contributed by atoms with van der Waals surface area (Å²) < 4.78 is 5.02. The lowest BCUT2D eigenvalue weighted by Crippen LogP contribution is -2.09. The minimum atomic E-state index is 0.522. The zero-order valence-electron chi connectivity index (χ0n) is 10.6. The van der Waals surface area contributed by atoms with Crippen molar-refractivity contribution in [2.24, 2.45) is 0 Å². The molecule has 0 aromatic carbocycles. The van der Waals surface area contributed by atoms with Gasteiger partial charge in [0.1, 0.15) is 17.5 Å². The number of nitrogens with two attached hydrogens (primary N) is 1. The molecule has 2 aromatic heterocycles. The van der Waals surface area contributed by atoms with Crippen LogP contribution in [0.3, 0.4) is 0 Å². The smallest absolute Gasteiger partial charge is 0.155 e. The second-order valence-corrected chi connectivity index (χ2v) is 4.08. The summed E-state index contributed by atoms with van der Waals surface area (Å²) in [5, 5.41) is 6.84. The number of anilines is 2. The molecule has 3 N–H and O–H groups in total. The van der Waals surface area contributed by atoms with Crippen LogP contribution in [0.25, 0.3) is 0 Å². The van der Waals surface area contributed by atoms with Crippen molar-refractivity contribution < 1.29 is 4.52 Å². The largest absolute Gasteiger partial charge is 0.383 e.